The van der Waals surface area contributed by atoms with Crippen LogP contribution in [0.3, 0.4) is 0 Å². The summed E-state index contributed by atoms with van der Waals surface area (Å²) in [5, 5.41) is 0. The van der Waals surface area contributed by atoms with Gasteiger partial charge < -0.3 is 14.4 Å². The van der Waals surface area contributed by atoms with Crippen molar-refractivity contribution in [3.05, 3.63) is 29.3 Å². The van der Waals surface area contributed by atoms with Crippen LogP contribution in [0.25, 0.3) is 0 Å². The Labute approximate surface area is 155 Å². The molecule has 1 aromatic rings. The van der Waals surface area contributed by atoms with E-state index in [-0.39, 0.29) is 12.0 Å². The van der Waals surface area contributed by atoms with Crippen molar-refractivity contribution in [1.29, 1.82) is 0 Å². The predicted molar refractivity (Wildman–Crippen MR) is 102 cm³/mol. The molecular weight excluding hydrogens is 334 g/mol. The lowest BCUT2D eigenvalue weighted by Crippen LogP contribution is -2.45. The molecule has 2 aliphatic rings. The number of hydrogen-bond donors (Lipinski definition) is 0. The van der Waals surface area contributed by atoms with Gasteiger partial charge >= 0.3 is 0 Å². The van der Waals surface area contributed by atoms with E-state index in [9.17, 15) is 4.79 Å². The Morgan fingerprint density at radius 3 is 2.72 bits per heavy atom. The lowest BCUT2D eigenvalue weighted by atomic mass is 10.1. The van der Waals surface area contributed by atoms with Crippen LogP contribution in [0.2, 0.25) is 0 Å². The number of aryl methyl sites for hydroxylation is 2. The van der Waals surface area contributed by atoms with Gasteiger partial charge in [-0.1, -0.05) is 6.07 Å². The Morgan fingerprint density at radius 2 is 2.08 bits per heavy atom. The van der Waals surface area contributed by atoms with Crippen molar-refractivity contribution in [2.45, 2.75) is 51.7 Å². The maximum Gasteiger partial charge on any atom is 0.226 e. The summed E-state index contributed by atoms with van der Waals surface area (Å²) in [4.78, 5) is 14.9. The maximum atomic E-state index is 12.8. The van der Waals surface area contributed by atoms with Crippen LogP contribution in [-0.2, 0) is 9.53 Å². The molecule has 25 heavy (non-hydrogen) atoms. The molecule has 2 aliphatic heterocycles. The van der Waals surface area contributed by atoms with Gasteiger partial charge in [-0.25, -0.2) is 0 Å². The van der Waals surface area contributed by atoms with Crippen LogP contribution in [-0.4, -0.2) is 54.2 Å². The van der Waals surface area contributed by atoms with Gasteiger partial charge in [0.05, 0.1) is 19.1 Å². The average molecular weight is 364 g/mol. The fraction of sp³-hybridized carbons (Fsp3) is 0.650. The van der Waals surface area contributed by atoms with Gasteiger partial charge in [0.2, 0.25) is 5.91 Å². The number of hydrogen-bond acceptors (Lipinski definition) is 4. The van der Waals surface area contributed by atoms with Gasteiger partial charge in [-0.15, -0.1) is 0 Å². The topological polar surface area (TPSA) is 38.8 Å². The number of ether oxygens (including phenoxy) is 2. The van der Waals surface area contributed by atoms with Gasteiger partial charge in [0.15, 0.2) is 0 Å². The second-order valence-corrected chi connectivity index (χ2v) is 8.27. The van der Waals surface area contributed by atoms with Crippen LogP contribution < -0.4 is 4.74 Å². The van der Waals surface area contributed by atoms with Crippen molar-refractivity contribution in [1.82, 2.24) is 4.90 Å². The van der Waals surface area contributed by atoms with Crippen LogP contribution in [0.1, 0.15) is 36.8 Å². The number of benzene rings is 1. The molecule has 2 atom stereocenters. The molecule has 0 spiro atoms. The van der Waals surface area contributed by atoms with Crippen molar-refractivity contribution in [2.24, 2.45) is 0 Å². The Hall–Kier alpha value is -1.20. The summed E-state index contributed by atoms with van der Waals surface area (Å²) in [5.41, 5.74) is 2.37. The lowest BCUT2D eigenvalue weighted by Gasteiger charge is -2.31. The first-order chi connectivity index (χ1) is 12.1. The second-order valence-electron chi connectivity index (χ2n) is 7.12. The zero-order chi connectivity index (χ0) is 17.6. The molecule has 0 radical (unpaired) electrons. The van der Waals surface area contributed by atoms with E-state index in [0.29, 0.717) is 19.1 Å². The standard InChI is InChI=1S/C20H29NO3S/c1-15-10-16(2)12-19(11-15)24-8-5-20(22)21(17-6-9-25-14-17)13-18-4-3-7-23-18/h10-12,17-18H,3-9,13-14H2,1-2H3. The number of rotatable bonds is 7. The van der Waals surface area contributed by atoms with Crippen LogP contribution >= 0.6 is 11.8 Å². The highest BCUT2D eigenvalue weighted by Gasteiger charge is 2.30. The molecule has 2 heterocycles. The molecule has 1 aromatic carbocycles. The Bertz CT molecular complexity index is 560. The highest BCUT2D eigenvalue weighted by Crippen LogP contribution is 2.25. The van der Waals surface area contributed by atoms with Gasteiger partial charge in [0.1, 0.15) is 5.75 Å². The molecule has 5 heteroatoms. The molecule has 0 saturated carbocycles. The fourth-order valence-electron chi connectivity index (χ4n) is 3.65. The number of thioether (sulfide) groups is 1. The first-order valence-corrected chi connectivity index (χ1v) is 10.5. The smallest absolute Gasteiger partial charge is 0.226 e. The predicted octanol–water partition coefficient (Wildman–Crippen LogP) is 3.59. The summed E-state index contributed by atoms with van der Waals surface area (Å²) in [6.07, 6.45) is 3.93. The maximum absolute atomic E-state index is 12.8. The van der Waals surface area contributed by atoms with Gasteiger partial charge in [-0.3, -0.25) is 4.79 Å². The van der Waals surface area contributed by atoms with E-state index in [1.54, 1.807) is 0 Å². The minimum Gasteiger partial charge on any atom is -0.493 e. The summed E-state index contributed by atoms with van der Waals surface area (Å²) >= 11 is 1.94. The van der Waals surface area contributed by atoms with Crippen LogP contribution in [0.4, 0.5) is 0 Å². The highest BCUT2D eigenvalue weighted by atomic mass is 32.2. The molecule has 3 rings (SSSR count). The summed E-state index contributed by atoms with van der Waals surface area (Å²) in [7, 11) is 0. The zero-order valence-corrected chi connectivity index (χ0v) is 16.1. The van der Waals surface area contributed by atoms with Gasteiger partial charge in [-0.05, 0) is 62.1 Å². The Morgan fingerprint density at radius 1 is 1.28 bits per heavy atom. The lowest BCUT2D eigenvalue weighted by molar-refractivity contribution is -0.135. The molecule has 2 unspecified atom stereocenters. The van der Waals surface area contributed by atoms with E-state index in [1.165, 1.54) is 11.1 Å². The largest absolute Gasteiger partial charge is 0.493 e. The molecule has 0 N–H and O–H groups in total. The number of amides is 1. The van der Waals surface area contributed by atoms with Crippen molar-refractivity contribution in [2.75, 3.05) is 31.3 Å². The normalized spacial score (nSPS) is 23.0. The monoisotopic (exact) mass is 363 g/mol. The fourth-order valence-corrected chi connectivity index (χ4v) is 4.87. The molecule has 2 saturated heterocycles. The molecule has 138 valence electrons. The van der Waals surface area contributed by atoms with Crippen molar-refractivity contribution < 1.29 is 14.3 Å². The van der Waals surface area contributed by atoms with Gasteiger partial charge in [0, 0.05) is 24.9 Å². The van der Waals surface area contributed by atoms with Crippen molar-refractivity contribution in [3.63, 3.8) is 0 Å². The minimum atomic E-state index is 0.201. The number of nitrogens with zero attached hydrogens (tertiary/aromatic N) is 1. The average Bonchev–Trinajstić information content (AvgIpc) is 3.25. The molecule has 2 fully saturated rings. The van der Waals surface area contributed by atoms with E-state index in [0.717, 1.165) is 49.7 Å². The Balaban J connectivity index is 1.53. The van der Waals surface area contributed by atoms with Crippen molar-refractivity contribution >= 4 is 17.7 Å². The first-order valence-electron chi connectivity index (χ1n) is 9.32. The summed E-state index contributed by atoms with van der Waals surface area (Å²) in [6, 6.07) is 6.53. The molecule has 0 aromatic heterocycles. The van der Waals surface area contributed by atoms with Crippen LogP contribution in [0.5, 0.6) is 5.75 Å². The first kappa shape index (κ1) is 18.6. The summed E-state index contributed by atoms with van der Waals surface area (Å²) in [6.45, 7) is 6.14. The molecular formula is C20H29NO3S. The zero-order valence-electron chi connectivity index (χ0n) is 15.3. The van der Waals surface area contributed by atoms with E-state index in [2.05, 4.69) is 24.8 Å². The highest BCUT2D eigenvalue weighted by molar-refractivity contribution is 7.99. The van der Waals surface area contributed by atoms with Crippen LogP contribution in [0.15, 0.2) is 18.2 Å². The van der Waals surface area contributed by atoms with E-state index in [1.807, 2.05) is 23.9 Å². The summed E-state index contributed by atoms with van der Waals surface area (Å²) < 4.78 is 11.6. The second kappa shape index (κ2) is 8.95. The van der Waals surface area contributed by atoms with E-state index in [4.69, 9.17) is 9.47 Å². The van der Waals surface area contributed by atoms with Crippen molar-refractivity contribution in [3.8, 4) is 5.75 Å². The third kappa shape index (κ3) is 5.38. The number of carbonyl (C=O) groups excluding carboxylic acids is 1. The van der Waals surface area contributed by atoms with Gasteiger partial charge in [-0.2, -0.15) is 11.8 Å². The molecule has 0 bridgehead atoms. The third-order valence-corrected chi connectivity index (χ3v) is 6.02. The number of carbonyl (C=O) groups is 1. The quantitative estimate of drug-likeness (QED) is 0.742. The van der Waals surface area contributed by atoms with E-state index < -0.39 is 0 Å². The Kier molecular flexibility index (Phi) is 6.65. The molecule has 1 amide bonds. The molecule has 0 aliphatic carbocycles. The minimum absolute atomic E-state index is 0.201. The SMILES string of the molecule is Cc1cc(C)cc(OCCC(=O)N(CC2CCCO2)C2CCSC2)c1. The summed E-state index contributed by atoms with van der Waals surface area (Å²) in [5.74, 6) is 3.26. The van der Waals surface area contributed by atoms with Crippen LogP contribution in [0, 0.1) is 13.8 Å². The van der Waals surface area contributed by atoms with E-state index >= 15 is 0 Å². The third-order valence-electron chi connectivity index (χ3n) is 4.87. The van der Waals surface area contributed by atoms with Gasteiger partial charge in [0.25, 0.3) is 0 Å². The molecule has 4 nitrogen and oxygen atoms in total.